The average Bonchev–Trinajstić information content (AvgIpc) is 3.06. The van der Waals surface area contributed by atoms with E-state index >= 15 is 0 Å². The lowest BCUT2D eigenvalue weighted by Crippen LogP contribution is -2.10. The Bertz CT molecular complexity index is 880. The van der Waals surface area contributed by atoms with Crippen molar-refractivity contribution in [3.63, 3.8) is 0 Å². The van der Waals surface area contributed by atoms with Gasteiger partial charge in [0.1, 0.15) is 10.6 Å². The summed E-state index contributed by atoms with van der Waals surface area (Å²) in [5, 5.41) is 5.57. The molecule has 4 nitrogen and oxygen atoms in total. The molecule has 0 fully saturated rings. The molecule has 2 aromatic heterocycles. The minimum atomic E-state index is 0.671. The molecule has 0 atom stereocenters. The first-order valence-corrected chi connectivity index (χ1v) is 10.9. The largest absolute Gasteiger partial charge is 0.383 e. The predicted octanol–water partition coefficient (Wildman–Crippen LogP) is 4.92. The number of ether oxygens (including phenoxy) is 1. The predicted molar refractivity (Wildman–Crippen MR) is 110 cm³/mol. The van der Waals surface area contributed by atoms with Crippen LogP contribution in [0.1, 0.15) is 28.8 Å². The van der Waals surface area contributed by atoms with Crippen molar-refractivity contribution in [2.24, 2.45) is 0 Å². The number of fused-ring (bicyclic) bond motifs is 3. The van der Waals surface area contributed by atoms with Crippen molar-refractivity contribution in [2.75, 3.05) is 25.6 Å². The molecule has 0 unspecified atom stereocenters. The minimum Gasteiger partial charge on any atom is -0.383 e. The van der Waals surface area contributed by atoms with Gasteiger partial charge in [0.05, 0.1) is 12.0 Å². The van der Waals surface area contributed by atoms with Crippen LogP contribution in [0.4, 0.5) is 5.82 Å². The molecule has 1 aliphatic rings. The van der Waals surface area contributed by atoms with E-state index in [4.69, 9.17) is 14.7 Å². The number of aryl methyl sites for hydroxylation is 2. The van der Waals surface area contributed by atoms with Gasteiger partial charge < -0.3 is 10.1 Å². The Labute approximate surface area is 162 Å². The van der Waals surface area contributed by atoms with E-state index in [0.29, 0.717) is 6.61 Å². The standard InChI is InChI=1S/C20H23N3OS2/c1-24-12-11-21-18-17-15-9-5-6-10-16(15)26-19(17)23-20(22-18)25-13-14-7-3-2-4-8-14/h2-4,7-8H,5-6,9-13H2,1H3,(H,21,22,23). The lowest BCUT2D eigenvalue weighted by molar-refractivity contribution is 0.210. The quantitative estimate of drug-likeness (QED) is 0.355. The molecular formula is C20H23N3OS2. The fourth-order valence-corrected chi connectivity index (χ4v) is 5.44. The van der Waals surface area contributed by atoms with Gasteiger partial charge in [0.25, 0.3) is 0 Å². The molecule has 1 aromatic carbocycles. The highest BCUT2D eigenvalue weighted by Crippen LogP contribution is 2.39. The van der Waals surface area contributed by atoms with E-state index in [1.165, 1.54) is 40.7 Å². The Morgan fingerprint density at radius 1 is 1.15 bits per heavy atom. The van der Waals surface area contributed by atoms with Gasteiger partial charge in [0.15, 0.2) is 5.16 Å². The van der Waals surface area contributed by atoms with Gasteiger partial charge in [-0.2, -0.15) is 0 Å². The van der Waals surface area contributed by atoms with Crippen LogP contribution in [-0.4, -0.2) is 30.2 Å². The zero-order valence-corrected chi connectivity index (χ0v) is 16.6. The average molecular weight is 386 g/mol. The maximum Gasteiger partial charge on any atom is 0.191 e. The molecule has 0 aliphatic heterocycles. The van der Waals surface area contributed by atoms with Crippen LogP contribution in [0, 0.1) is 0 Å². The molecule has 1 N–H and O–H groups in total. The first kappa shape index (κ1) is 17.8. The van der Waals surface area contributed by atoms with Crippen LogP contribution < -0.4 is 5.32 Å². The summed E-state index contributed by atoms with van der Waals surface area (Å²) in [4.78, 5) is 12.4. The molecule has 6 heteroatoms. The number of aromatic nitrogens is 2. The summed E-state index contributed by atoms with van der Waals surface area (Å²) in [6.45, 7) is 1.43. The first-order chi connectivity index (χ1) is 12.8. The van der Waals surface area contributed by atoms with Gasteiger partial charge in [-0.05, 0) is 36.8 Å². The molecule has 3 aromatic rings. The maximum atomic E-state index is 5.20. The van der Waals surface area contributed by atoms with Gasteiger partial charge in [0.2, 0.25) is 0 Å². The number of hydrogen-bond donors (Lipinski definition) is 1. The molecule has 2 heterocycles. The van der Waals surface area contributed by atoms with Crippen LogP contribution in [0.3, 0.4) is 0 Å². The summed E-state index contributed by atoms with van der Waals surface area (Å²) >= 11 is 3.55. The van der Waals surface area contributed by atoms with Crippen molar-refractivity contribution in [1.29, 1.82) is 0 Å². The number of nitrogens with zero attached hydrogens (tertiary/aromatic N) is 2. The Hall–Kier alpha value is -1.63. The lowest BCUT2D eigenvalue weighted by atomic mass is 9.97. The Morgan fingerprint density at radius 2 is 2.00 bits per heavy atom. The van der Waals surface area contributed by atoms with Crippen LogP contribution in [-0.2, 0) is 23.3 Å². The highest BCUT2D eigenvalue weighted by molar-refractivity contribution is 7.98. The first-order valence-electron chi connectivity index (χ1n) is 9.07. The van der Waals surface area contributed by atoms with Gasteiger partial charge in [-0.25, -0.2) is 9.97 Å². The van der Waals surface area contributed by atoms with Crippen LogP contribution >= 0.6 is 23.1 Å². The zero-order chi connectivity index (χ0) is 17.8. The van der Waals surface area contributed by atoms with E-state index < -0.39 is 0 Å². The van der Waals surface area contributed by atoms with E-state index in [0.717, 1.165) is 34.5 Å². The van der Waals surface area contributed by atoms with Crippen molar-refractivity contribution in [1.82, 2.24) is 9.97 Å². The lowest BCUT2D eigenvalue weighted by Gasteiger charge is -2.13. The summed E-state index contributed by atoms with van der Waals surface area (Å²) < 4.78 is 5.20. The third kappa shape index (κ3) is 3.87. The summed E-state index contributed by atoms with van der Waals surface area (Å²) in [6.07, 6.45) is 4.88. The van der Waals surface area contributed by atoms with Crippen molar-refractivity contribution < 1.29 is 4.74 Å². The molecule has 0 spiro atoms. The minimum absolute atomic E-state index is 0.671. The number of benzene rings is 1. The van der Waals surface area contributed by atoms with Crippen LogP contribution in [0.25, 0.3) is 10.2 Å². The zero-order valence-electron chi connectivity index (χ0n) is 15.0. The van der Waals surface area contributed by atoms with Crippen LogP contribution in [0.2, 0.25) is 0 Å². The van der Waals surface area contributed by atoms with Gasteiger partial charge in [0, 0.05) is 24.3 Å². The van der Waals surface area contributed by atoms with Crippen molar-refractivity contribution in [3.8, 4) is 0 Å². The number of nitrogens with one attached hydrogen (secondary N) is 1. The normalized spacial score (nSPS) is 13.7. The Morgan fingerprint density at radius 3 is 2.85 bits per heavy atom. The molecule has 4 rings (SSSR count). The SMILES string of the molecule is COCCNc1nc(SCc2ccccc2)nc2sc3c(c12)CCCC3. The number of methoxy groups -OCH3 is 1. The summed E-state index contributed by atoms with van der Waals surface area (Å²) in [6, 6.07) is 10.5. The maximum absolute atomic E-state index is 5.20. The molecule has 0 saturated heterocycles. The van der Waals surface area contributed by atoms with E-state index in [2.05, 4.69) is 29.6 Å². The second-order valence-electron chi connectivity index (χ2n) is 6.44. The van der Waals surface area contributed by atoms with Crippen molar-refractivity contribution in [3.05, 3.63) is 46.3 Å². The van der Waals surface area contributed by atoms with E-state index in [1.807, 2.05) is 17.4 Å². The summed E-state index contributed by atoms with van der Waals surface area (Å²) in [7, 11) is 1.73. The molecule has 26 heavy (non-hydrogen) atoms. The molecule has 0 bridgehead atoms. The second kappa shape index (κ2) is 8.37. The molecule has 136 valence electrons. The highest BCUT2D eigenvalue weighted by Gasteiger charge is 2.21. The third-order valence-electron chi connectivity index (χ3n) is 4.60. The summed E-state index contributed by atoms with van der Waals surface area (Å²) in [5.41, 5.74) is 2.76. The number of thioether (sulfide) groups is 1. The second-order valence-corrected chi connectivity index (χ2v) is 8.47. The molecule has 1 aliphatic carbocycles. The topological polar surface area (TPSA) is 47.0 Å². The highest BCUT2D eigenvalue weighted by atomic mass is 32.2. The van der Waals surface area contributed by atoms with Gasteiger partial charge in [-0.1, -0.05) is 42.1 Å². The third-order valence-corrected chi connectivity index (χ3v) is 6.71. The van der Waals surface area contributed by atoms with Gasteiger partial charge in [-0.15, -0.1) is 11.3 Å². The number of hydrogen-bond acceptors (Lipinski definition) is 6. The fraction of sp³-hybridized carbons (Fsp3) is 0.400. The molecular weight excluding hydrogens is 362 g/mol. The number of rotatable bonds is 7. The monoisotopic (exact) mass is 385 g/mol. The number of anilines is 1. The summed E-state index contributed by atoms with van der Waals surface area (Å²) in [5.74, 6) is 1.86. The van der Waals surface area contributed by atoms with E-state index in [-0.39, 0.29) is 0 Å². The smallest absolute Gasteiger partial charge is 0.191 e. The molecule has 0 radical (unpaired) electrons. The van der Waals surface area contributed by atoms with E-state index in [9.17, 15) is 0 Å². The van der Waals surface area contributed by atoms with Crippen molar-refractivity contribution >= 4 is 39.1 Å². The van der Waals surface area contributed by atoms with Crippen LogP contribution in [0.5, 0.6) is 0 Å². The number of thiophene rings is 1. The van der Waals surface area contributed by atoms with E-state index in [1.54, 1.807) is 18.9 Å². The molecule has 0 amide bonds. The van der Waals surface area contributed by atoms with Gasteiger partial charge in [-0.3, -0.25) is 0 Å². The Balaban J connectivity index is 1.65. The Kier molecular flexibility index (Phi) is 5.72. The van der Waals surface area contributed by atoms with Crippen LogP contribution in [0.15, 0.2) is 35.5 Å². The van der Waals surface area contributed by atoms with Crippen molar-refractivity contribution in [2.45, 2.75) is 36.6 Å². The fourth-order valence-electron chi connectivity index (χ4n) is 3.32. The molecule has 0 saturated carbocycles. The van der Waals surface area contributed by atoms with Gasteiger partial charge >= 0.3 is 0 Å².